The predicted molar refractivity (Wildman–Crippen MR) is 117 cm³/mol. The molecule has 0 amide bonds. The Labute approximate surface area is 166 Å². The van der Waals surface area contributed by atoms with Crippen LogP contribution in [0.15, 0.2) is 67.0 Å². The van der Waals surface area contributed by atoms with Crippen molar-refractivity contribution >= 4 is 10.9 Å². The van der Waals surface area contributed by atoms with Crippen LogP contribution in [0, 0.1) is 0 Å². The van der Waals surface area contributed by atoms with Gasteiger partial charge in [-0.2, -0.15) is 0 Å². The fraction of sp³-hybridized carbons (Fsp3) is 0.269. The summed E-state index contributed by atoms with van der Waals surface area (Å²) in [4.78, 5) is 4.93. The number of rotatable bonds is 4. The summed E-state index contributed by atoms with van der Waals surface area (Å²) in [6.45, 7) is 4.45. The van der Waals surface area contributed by atoms with E-state index in [1.54, 1.807) is 0 Å². The van der Waals surface area contributed by atoms with Gasteiger partial charge in [0.15, 0.2) is 0 Å². The average molecular weight is 367 g/mol. The lowest BCUT2D eigenvalue weighted by Crippen LogP contribution is -2.07. The van der Waals surface area contributed by atoms with E-state index in [-0.39, 0.29) is 0 Å². The first kappa shape index (κ1) is 17.2. The summed E-state index contributed by atoms with van der Waals surface area (Å²) in [7, 11) is 0. The SMILES string of the molecule is CCc1cccc(CC)c1-c1cc2ccn(C3Cc4ccccc4C3)c2cn1. The number of aromatic nitrogens is 2. The molecule has 0 saturated carbocycles. The van der Waals surface area contributed by atoms with Gasteiger partial charge >= 0.3 is 0 Å². The molecule has 0 atom stereocenters. The number of fused-ring (bicyclic) bond motifs is 2. The number of hydrogen-bond acceptors (Lipinski definition) is 1. The molecule has 0 aliphatic heterocycles. The lowest BCUT2D eigenvalue weighted by Gasteiger charge is -2.15. The van der Waals surface area contributed by atoms with Gasteiger partial charge < -0.3 is 4.57 Å². The number of pyridine rings is 1. The highest BCUT2D eigenvalue weighted by Crippen LogP contribution is 2.34. The van der Waals surface area contributed by atoms with E-state index in [0.29, 0.717) is 6.04 Å². The third kappa shape index (κ3) is 2.75. The standard InChI is InChI=1S/C26H26N2/c1-3-18-10-7-11-19(4-2)26(18)24-16-22-12-13-28(25(22)17-27-24)23-14-20-8-5-6-9-21(20)15-23/h5-13,16-17,23H,3-4,14-15H2,1-2H3. The van der Waals surface area contributed by atoms with E-state index >= 15 is 0 Å². The Morgan fingerprint density at radius 2 is 1.57 bits per heavy atom. The van der Waals surface area contributed by atoms with Gasteiger partial charge in [-0.25, -0.2) is 0 Å². The summed E-state index contributed by atoms with van der Waals surface area (Å²) in [6, 6.07) is 20.5. The summed E-state index contributed by atoms with van der Waals surface area (Å²) in [5.74, 6) is 0. The summed E-state index contributed by atoms with van der Waals surface area (Å²) in [5, 5.41) is 1.29. The Morgan fingerprint density at radius 1 is 0.893 bits per heavy atom. The molecule has 0 N–H and O–H groups in total. The molecule has 1 aliphatic rings. The molecule has 0 radical (unpaired) electrons. The molecule has 140 valence electrons. The third-order valence-electron chi connectivity index (χ3n) is 6.28. The first-order valence-corrected chi connectivity index (χ1v) is 10.4. The molecular formula is C26H26N2. The maximum atomic E-state index is 4.93. The van der Waals surface area contributed by atoms with Crippen LogP contribution in [-0.4, -0.2) is 9.55 Å². The monoisotopic (exact) mass is 366 g/mol. The lowest BCUT2D eigenvalue weighted by atomic mass is 9.94. The van der Waals surface area contributed by atoms with E-state index in [1.165, 1.54) is 38.7 Å². The zero-order chi connectivity index (χ0) is 19.1. The minimum Gasteiger partial charge on any atom is -0.342 e. The van der Waals surface area contributed by atoms with Gasteiger partial charge in [-0.05, 0) is 60.1 Å². The molecular weight excluding hydrogens is 340 g/mol. The Balaban J connectivity index is 1.55. The second-order valence-corrected chi connectivity index (χ2v) is 7.84. The number of benzene rings is 2. The van der Waals surface area contributed by atoms with Crippen LogP contribution in [0.5, 0.6) is 0 Å². The number of hydrogen-bond donors (Lipinski definition) is 0. The highest BCUT2D eigenvalue weighted by molar-refractivity contribution is 5.84. The van der Waals surface area contributed by atoms with Crippen molar-refractivity contribution in [2.45, 2.75) is 45.6 Å². The summed E-state index contributed by atoms with van der Waals surface area (Å²) < 4.78 is 2.43. The zero-order valence-electron chi connectivity index (χ0n) is 16.7. The van der Waals surface area contributed by atoms with Crippen molar-refractivity contribution < 1.29 is 0 Å². The molecule has 5 rings (SSSR count). The largest absolute Gasteiger partial charge is 0.342 e. The van der Waals surface area contributed by atoms with Crippen LogP contribution >= 0.6 is 0 Å². The fourth-order valence-corrected chi connectivity index (χ4v) is 4.81. The zero-order valence-corrected chi connectivity index (χ0v) is 16.7. The molecule has 0 bridgehead atoms. The molecule has 0 saturated heterocycles. The smallest absolute Gasteiger partial charge is 0.0715 e. The first-order valence-electron chi connectivity index (χ1n) is 10.4. The Morgan fingerprint density at radius 3 is 2.21 bits per heavy atom. The molecule has 0 fully saturated rings. The maximum absolute atomic E-state index is 4.93. The summed E-state index contributed by atoms with van der Waals surface area (Å²) >= 11 is 0. The third-order valence-corrected chi connectivity index (χ3v) is 6.28. The van der Waals surface area contributed by atoms with E-state index < -0.39 is 0 Å². The van der Waals surface area contributed by atoms with Crippen LogP contribution < -0.4 is 0 Å². The molecule has 0 spiro atoms. The molecule has 1 aliphatic carbocycles. The normalized spacial score (nSPS) is 13.9. The Kier molecular flexibility index (Phi) is 4.27. The minimum absolute atomic E-state index is 0.497. The van der Waals surface area contributed by atoms with Gasteiger partial charge in [0.1, 0.15) is 0 Å². The van der Waals surface area contributed by atoms with E-state index in [1.807, 2.05) is 0 Å². The van der Waals surface area contributed by atoms with Crippen molar-refractivity contribution in [3.05, 3.63) is 89.2 Å². The van der Waals surface area contributed by atoms with E-state index in [4.69, 9.17) is 4.98 Å². The second-order valence-electron chi connectivity index (χ2n) is 7.84. The highest BCUT2D eigenvalue weighted by atomic mass is 15.0. The van der Waals surface area contributed by atoms with Gasteiger partial charge in [-0.3, -0.25) is 4.98 Å². The minimum atomic E-state index is 0.497. The van der Waals surface area contributed by atoms with Crippen LogP contribution in [0.3, 0.4) is 0 Å². The molecule has 2 heterocycles. The molecule has 2 nitrogen and oxygen atoms in total. The topological polar surface area (TPSA) is 17.8 Å². The maximum Gasteiger partial charge on any atom is 0.0715 e. The van der Waals surface area contributed by atoms with Crippen LogP contribution in [0.4, 0.5) is 0 Å². The van der Waals surface area contributed by atoms with Crippen molar-refractivity contribution in [3.8, 4) is 11.3 Å². The average Bonchev–Trinajstić information content (AvgIpc) is 3.36. The van der Waals surface area contributed by atoms with Gasteiger partial charge in [-0.15, -0.1) is 0 Å². The van der Waals surface area contributed by atoms with Crippen molar-refractivity contribution in [1.82, 2.24) is 9.55 Å². The lowest BCUT2D eigenvalue weighted by molar-refractivity contribution is 0.546. The van der Waals surface area contributed by atoms with Crippen LogP contribution in [0.2, 0.25) is 0 Å². The second kappa shape index (κ2) is 6.94. The Hall–Kier alpha value is -2.87. The van der Waals surface area contributed by atoms with Gasteiger partial charge in [0.2, 0.25) is 0 Å². The number of nitrogens with zero attached hydrogens (tertiary/aromatic N) is 2. The summed E-state index contributed by atoms with van der Waals surface area (Å²) in [5.41, 5.74) is 9.43. The van der Waals surface area contributed by atoms with E-state index in [0.717, 1.165) is 31.4 Å². The van der Waals surface area contributed by atoms with Crippen molar-refractivity contribution in [2.24, 2.45) is 0 Å². The van der Waals surface area contributed by atoms with E-state index in [2.05, 4.69) is 85.4 Å². The fourth-order valence-electron chi connectivity index (χ4n) is 4.81. The number of aryl methyl sites for hydroxylation is 2. The van der Waals surface area contributed by atoms with Gasteiger partial charge in [0.05, 0.1) is 17.4 Å². The summed E-state index contributed by atoms with van der Waals surface area (Å²) in [6.07, 6.45) is 8.62. The Bertz CT molecular complexity index is 1110. The van der Waals surface area contributed by atoms with Crippen molar-refractivity contribution in [3.63, 3.8) is 0 Å². The molecule has 28 heavy (non-hydrogen) atoms. The molecule has 2 aromatic heterocycles. The van der Waals surface area contributed by atoms with Crippen molar-refractivity contribution in [2.75, 3.05) is 0 Å². The van der Waals surface area contributed by atoms with Crippen molar-refractivity contribution in [1.29, 1.82) is 0 Å². The van der Waals surface area contributed by atoms with Crippen LogP contribution in [0.25, 0.3) is 22.2 Å². The quantitative estimate of drug-likeness (QED) is 0.422. The molecule has 2 heteroatoms. The van der Waals surface area contributed by atoms with E-state index in [9.17, 15) is 0 Å². The first-order chi connectivity index (χ1) is 13.8. The molecule has 2 aromatic carbocycles. The predicted octanol–water partition coefficient (Wildman–Crippen LogP) is 6.17. The van der Waals surface area contributed by atoms with Gasteiger partial charge in [0.25, 0.3) is 0 Å². The van der Waals surface area contributed by atoms with Gasteiger partial charge in [-0.1, -0.05) is 56.3 Å². The highest BCUT2D eigenvalue weighted by Gasteiger charge is 2.23. The molecule has 0 unspecified atom stereocenters. The van der Waals surface area contributed by atoms with Crippen LogP contribution in [0.1, 0.15) is 42.1 Å². The molecule has 4 aromatic rings. The van der Waals surface area contributed by atoms with Crippen LogP contribution in [-0.2, 0) is 25.7 Å². The van der Waals surface area contributed by atoms with Gasteiger partial charge in [0, 0.05) is 23.2 Å².